The number of esters is 2. The number of hydrogen-bond donors (Lipinski definition) is 6. The number of phosphoric ester groups is 1. The zero-order valence-electron chi connectivity index (χ0n) is 33.5. The van der Waals surface area contributed by atoms with Crippen molar-refractivity contribution in [2.45, 2.75) is 230 Å². The van der Waals surface area contributed by atoms with Crippen molar-refractivity contribution < 1.29 is 63.1 Å². The summed E-state index contributed by atoms with van der Waals surface area (Å²) in [4.78, 5) is 35.5. The van der Waals surface area contributed by atoms with Crippen molar-refractivity contribution in [3.05, 3.63) is 0 Å². The molecule has 0 spiro atoms. The van der Waals surface area contributed by atoms with Gasteiger partial charge < -0.3 is 39.9 Å². The number of carbonyl (C=O) groups excluding carboxylic acids is 2. The minimum atomic E-state index is -5.10. The standard InChI is InChI=1S/C40H77O13P/c1-3-5-7-9-11-13-14-15-16-17-18-19-21-23-25-27-29-34(42)52-32(30-50-33(41)28-26-24-22-20-12-10-8-6-4-2)31-51-54(48,49)53-40-38(46)36(44)35(43)37(45)39(40)47/h32,35-40,43-47H,3-31H2,1-2H3,(H,48,49)/t32-,35?,36-,37?,38?,39?,40?/m1/s1. The van der Waals surface area contributed by atoms with Gasteiger partial charge in [-0.15, -0.1) is 0 Å². The van der Waals surface area contributed by atoms with Gasteiger partial charge in [-0.25, -0.2) is 4.57 Å². The number of aliphatic hydroxyl groups is 5. The highest BCUT2D eigenvalue weighted by atomic mass is 31.2. The molecular formula is C40H77O13P. The molecule has 13 nitrogen and oxygen atoms in total. The summed E-state index contributed by atoms with van der Waals surface area (Å²) in [5.41, 5.74) is 0. The fourth-order valence-electron chi connectivity index (χ4n) is 6.70. The number of unbranched alkanes of at least 4 members (excludes halogenated alkanes) is 23. The number of phosphoric acid groups is 1. The van der Waals surface area contributed by atoms with Crippen molar-refractivity contribution in [2.75, 3.05) is 13.2 Å². The van der Waals surface area contributed by atoms with Crippen LogP contribution in [0.5, 0.6) is 0 Å². The number of aliphatic hydroxyl groups excluding tert-OH is 5. The van der Waals surface area contributed by atoms with E-state index < -0.39 is 75.7 Å². The van der Waals surface area contributed by atoms with Crippen LogP contribution in [0.25, 0.3) is 0 Å². The second-order valence-electron chi connectivity index (χ2n) is 15.2. The van der Waals surface area contributed by atoms with Gasteiger partial charge in [0.25, 0.3) is 0 Å². The first-order valence-corrected chi connectivity index (χ1v) is 22.8. The first-order valence-electron chi connectivity index (χ1n) is 21.3. The van der Waals surface area contributed by atoms with Gasteiger partial charge in [-0.3, -0.25) is 18.6 Å². The van der Waals surface area contributed by atoms with Gasteiger partial charge in [-0.2, -0.15) is 0 Å². The zero-order chi connectivity index (χ0) is 40.0. The molecule has 0 aromatic rings. The van der Waals surface area contributed by atoms with Gasteiger partial charge in [0, 0.05) is 12.8 Å². The maximum atomic E-state index is 12.8. The molecule has 0 aromatic heterocycles. The average molecular weight is 797 g/mol. The number of hydrogen-bond acceptors (Lipinski definition) is 12. The van der Waals surface area contributed by atoms with Gasteiger partial charge >= 0.3 is 19.8 Å². The molecule has 0 saturated heterocycles. The fraction of sp³-hybridized carbons (Fsp3) is 0.950. The van der Waals surface area contributed by atoms with Crippen molar-refractivity contribution in [1.29, 1.82) is 0 Å². The molecule has 1 fully saturated rings. The van der Waals surface area contributed by atoms with Crippen LogP contribution >= 0.6 is 7.82 Å². The quantitative estimate of drug-likeness (QED) is 0.0211. The third-order valence-electron chi connectivity index (χ3n) is 10.2. The summed E-state index contributed by atoms with van der Waals surface area (Å²) >= 11 is 0. The summed E-state index contributed by atoms with van der Waals surface area (Å²) in [6.07, 6.45) is 16.1. The van der Waals surface area contributed by atoms with E-state index in [1.165, 1.54) is 109 Å². The third-order valence-corrected chi connectivity index (χ3v) is 11.2. The molecule has 0 aliphatic heterocycles. The first-order chi connectivity index (χ1) is 25.9. The lowest BCUT2D eigenvalue weighted by Gasteiger charge is -2.41. The van der Waals surface area contributed by atoms with Crippen molar-refractivity contribution >= 4 is 19.8 Å². The molecule has 54 heavy (non-hydrogen) atoms. The average Bonchev–Trinajstić information content (AvgIpc) is 3.15. The van der Waals surface area contributed by atoms with Crippen LogP contribution in [-0.2, 0) is 32.7 Å². The Hall–Kier alpha value is -1.15. The van der Waals surface area contributed by atoms with Crippen LogP contribution in [0.3, 0.4) is 0 Å². The Morgan fingerprint density at radius 1 is 0.500 bits per heavy atom. The van der Waals surface area contributed by atoms with Crippen LogP contribution in [0.1, 0.15) is 187 Å². The van der Waals surface area contributed by atoms with Crippen LogP contribution in [-0.4, -0.2) is 98.3 Å². The maximum Gasteiger partial charge on any atom is 0.472 e. The SMILES string of the molecule is CCCCCCCCCCCCCCCCCCC(=O)O[C@H](COC(=O)CCCCCCCCCCC)COP(=O)(O)OC1C(O)C(O)C(O)[C@@H](O)C1O. The minimum Gasteiger partial charge on any atom is -0.462 e. The molecule has 6 unspecified atom stereocenters. The summed E-state index contributed by atoms with van der Waals surface area (Å²) in [5.74, 6) is -1.09. The molecule has 0 heterocycles. The molecule has 1 aliphatic carbocycles. The van der Waals surface area contributed by atoms with Gasteiger partial charge in [-0.05, 0) is 12.8 Å². The summed E-state index contributed by atoms with van der Waals surface area (Å²) in [6, 6.07) is 0. The van der Waals surface area contributed by atoms with E-state index in [1.807, 2.05) is 0 Å². The number of rotatable bonds is 35. The molecule has 14 heteroatoms. The number of ether oxygens (including phenoxy) is 2. The van der Waals surface area contributed by atoms with E-state index >= 15 is 0 Å². The monoisotopic (exact) mass is 797 g/mol. The van der Waals surface area contributed by atoms with Gasteiger partial charge in [0.1, 0.15) is 43.2 Å². The normalized spacial score (nSPS) is 23.2. The predicted octanol–water partition coefficient (Wildman–Crippen LogP) is 7.33. The highest BCUT2D eigenvalue weighted by molar-refractivity contribution is 7.47. The molecule has 8 atom stereocenters. The highest BCUT2D eigenvalue weighted by Crippen LogP contribution is 2.47. The predicted molar refractivity (Wildman–Crippen MR) is 208 cm³/mol. The molecule has 0 amide bonds. The van der Waals surface area contributed by atoms with E-state index in [9.17, 15) is 44.6 Å². The van der Waals surface area contributed by atoms with E-state index in [0.29, 0.717) is 12.8 Å². The molecule has 0 bridgehead atoms. The topological polar surface area (TPSA) is 210 Å². The minimum absolute atomic E-state index is 0.104. The van der Waals surface area contributed by atoms with E-state index in [1.54, 1.807) is 0 Å². The summed E-state index contributed by atoms with van der Waals surface area (Å²) in [7, 11) is -5.10. The van der Waals surface area contributed by atoms with E-state index in [4.69, 9.17) is 18.5 Å². The lowest BCUT2D eigenvalue weighted by atomic mass is 9.85. The fourth-order valence-corrected chi connectivity index (χ4v) is 7.67. The summed E-state index contributed by atoms with van der Waals surface area (Å²) in [6.45, 7) is 3.27. The molecule has 320 valence electrons. The summed E-state index contributed by atoms with van der Waals surface area (Å²) < 4.78 is 33.4. The molecule has 1 aliphatic rings. The second-order valence-corrected chi connectivity index (χ2v) is 16.6. The van der Waals surface area contributed by atoms with Gasteiger partial charge in [0.2, 0.25) is 0 Å². The van der Waals surface area contributed by atoms with Crippen LogP contribution in [0.4, 0.5) is 0 Å². The lowest BCUT2D eigenvalue weighted by molar-refractivity contribution is -0.220. The zero-order valence-corrected chi connectivity index (χ0v) is 34.4. The van der Waals surface area contributed by atoms with E-state index in [2.05, 4.69) is 13.8 Å². The van der Waals surface area contributed by atoms with E-state index in [0.717, 1.165) is 38.5 Å². The lowest BCUT2D eigenvalue weighted by Crippen LogP contribution is -2.64. The Labute approximate surface area is 325 Å². The number of carbonyl (C=O) groups is 2. The van der Waals surface area contributed by atoms with E-state index in [-0.39, 0.29) is 12.8 Å². The first kappa shape index (κ1) is 50.9. The van der Waals surface area contributed by atoms with Crippen LogP contribution < -0.4 is 0 Å². The molecule has 1 saturated carbocycles. The molecule has 6 N–H and O–H groups in total. The smallest absolute Gasteiger partial charge is 0.462 e. The molecule has 0 aromatic carbocycles. The van der Waals surface area contributed by atoms with Crippen LogP contribution in [0.15, 0.2) is 0 Å². The van der Waals surface area contributed by atoms with Crippen molar-refractivity contribution in [3.8, 4) is 0 Å². The van der Waals surface area contributed by atoms with Crippen molar-refractivity contribution in [3.63, 3.8) is 0 Å². The Morgan fingerprint density at radius 3 is 1.22 bits per heavy atom. The molecular weight excluding hydrogens is 719 g/mol. The molecule has 1 rings (SSSR count). The van der Waals surface area contributed by atoms with Gasteiger partial charge in [0.15, 0.2) is 6.10 Å². The molecule has 0 radical (unpaired) electrons. The Bertz CT molecular complexity index is 969. The second kappa shape index (κ2) is 31.9. The van der Waals surface area contributed by atoms with Crippen molar-refractivity contribution in [1.82, 2.24) is 0 Å². The maximum absolute atomic E-state index is 12.8. The van der Waals surface area contributed by atoms with Gasteiger partial charge in [0.05, 0.1) is 6.61 Å². The highest BCUT2D eigenvalue weighted by Gasteiger charge is 2.51. The summed E-state index contributed by atoms with van der Waals surface area (Å²) in [5, 5.41) is 50.0. The Kier molecular flexibility index (Phi) is 30.0. The van der Waals surface area contributed by atoms with Crippen molar-refractivity contribution in [2.24, 2.45) is 0 Å². The third kappa shape index (κ3) is 24.5. The van der Waals surface area contributed by atoms with Crippen LogP contribution in [0.2, 0.25) is 0 Å². The Morgan fingerprint density at radius 2 is 0.833 bits per heavy atom. The van der Waals surface area contributed by atoms with Gasteiger partial charge in [-0.1, -0.05) is 162 Å². The van der Waals surface area contributed by atoms with Crippen LogP contribution in [0, 0.1) is 0 Å². The largest absolute Gasteiger partial charge is 0.472 e. The Balaban J connectivity index is 2.46.